The summed E-state index contributed by atoms with van der Waals surface area (Å²) in [4.78, 5) is 90.5. The number of thioether (sulfide) groups is 1. The molecule has 1 aromatic heterocycles. The van der Waals surface area contributed by atoms with Crippen LogP contribution in [-0.4, -0.2) is 106 Å². The van der Waals surface area contributed by atoms with Crippen LogP contribution in [0.5, 0.6) is 5.75 Å². The summed E-state index contributed by atoms with van der Waals surface area (Å²) in [5, 5.41) is 14.1. The monoisotopic (exact) mass is 879 g/mol. The van der Waals surface area contributed by atoms with Gasteiger partial charge in [-0.2, -0.15) is 0 Å². The Hall–Kier alpha value is -5.82. The fourth-order valence-electron chi connectivity index (χ4n) is 7.81. The van der Waals surface area contributed by atoms with Crippen molar-refractivity contribution in [3.05, 3.63) is 71.0 Å². The number of nitrogens with zero attached hydrogens (tertiary/aromatic N) is 3. The number of benzene rings is 2. The number of rotatable bonds is 16. The van der Waals surface area contributed by atoms with Gasteiger partial charge in [0.15, 0.2) is 12.2 Å². The fourth-order valence-corrected chi connectivity index (χ4v) is 9.06. The van der Waals surface area contributed by atoms with Crippen molar-refractivity contribution in [3.63, 3.8) is 0 Å². The number of esters is 5. The highest BCUT2D eigenvalue weighted by atomic mass is 32.2. The van der Waals surface area contributed by atoms with Crippen molar-refractivity contribution in [3.8, 4) is 5.75 Å². The van der Waals surface area contributed by atoms with E-state index in [0.717, 1.165) is 77.4 Å². The molecule has 18 nitrogen and oxygen atoms in total. The minimum atomic E-state index is -2.01. The molecular formula is C43H53N5O13S. The number of hydrogen-bond acceptors (Lipinski definition) is 16. The van der Waals surface area contributed by atoms with E-state index in [1.165, 1.54) is 23.7 Å². The molecule has 2 heterocycles. The van der Waals surface area contributed by atoms with Gasteiger partial charge in [-0.05, 0) is 62.1 Å². The highest BCUT2D eigenvalue weighted by Gasteiger charge is 2.59. The summed E-state index contributed by atoms with van der Waals surface area (Å²) >= 11 is 0.931. The minimum absolute atomic E-state index is 0.166. The summed E-state index contributed by atoms with van der Waals surface area (Å²) in [6.07, 6.45) is 0.371. The average Bonchev–Trinajstić information content (AvgIpc) is 3.68. The summed E-state index contributed by atoms with van der Waals surface area (Å²) in [6, 6.07) is 10.3. The molecule has 2 amide bonds. The van der Waals surface area contributed by atoms with Crippen molar-refractivity contribution in [1.29, 1.82) is 0 Å². The maximum Gasteiger partial charge on any atom is 0.349 e. The van der Waals surface area contributed by atoms with Gasteiger partial charge < -0.3 is 39.1 Å². The topological polar surface area (TPSA) is 230 Å². The molecule has 0 radical (unpaired) electrons. The largest absolute Gasteiger partial charge is 0.466 e. The minimum Gasteiger partial charge on any atom is -0.466 e. The third kappa shape index (κ3) is 12.4. The third-order valence-corrected chi connectivity index (χ3v) is 11.6. The Morgan fingerprint density at radius 3 is 2.16 bits per heavy atom. The van der Waals surface area contributed by atoms with Crippen LogP contribution in [0.2, 0.25) is 0 Å². The van der Waals surface area contributed by atoms with Crippen LogP contribution in [0.15, 0.2) is 53.6 Å². The lowest BCUT2D eigenvalue weighted by Gasteiger charge is -2.48. The number of carbonyl (C=O) groups is 7. The van der Waals surface area contributed by atoms with Gasteiger partial charge in [0, 0.05) is 56.7 Å². The zero-order valence-electron chi connectivity index (χ0n) is 35.8. The second-order valence-corrected chi connectivity index (χ2v) is 16.7. The molecule has 19 heteroatoms. The number of nitrogens with one attached hydrogen (secondary N) is 2. The van der Waals surface area contributed by atoms with Gasteiger partial charge in [-0.3, -0.25) is 28.8 Å². The first-order valence-electron chi connectivity index (χ1n) is 20.3. The lowest BCUT2D eigenvalue weighted by atomic mass is 9.87. The van der Waals surface area contributed by atoms with E-state index in [4.69, 9.17) is 28.4 Å². The van der Waals surface area contributed by atoms with Crippen molar-refractivity contribution in [2.45, 2.75) is 133 Å². The Bertz CT molecular complexity index is 2100. The van der Waals surface area contributed by atoms with Crippen LogP contribution < -0.4 is 15.4 Å². The van der Waals surface area contributed by atoms with Gasteiger partial charge in [0.05, 0.1) is 25.4 Å². The molecule has 0 spiro atoms. The number of amides is 2. The van der Waals surface area contributed by atoms with E-state index >= 15 is 0 Å². The number of aryl methyl sites for hydroxylation is 2. The zero-order chi connectivity index (χ0) is 45.1. The zero-order valence-corrected chi connectivity index (χ0v) is 36.6. The molecule has 6 atom stereocenters. The number of aromatic nitrogens is 3. The summed E-state index contributed by atoms with van der Waals surface area (Å²) in [5.41, 5.74) is 1.93. The van der Waals surface area contributed by atoms with Gasteiger partial charge in [0.2, 0.25) is 10.8 Å². The number of methoxy groups -OCH3 is 1. The van der Waals surface area contributed by atoms with Crippen molar-refractivity contribution in [2.75, 3.05) is 13.7 Å². The van der Waals surface area contributed by atoms with Crippen LogP contribution >= 0.6 is 11.8 Å². The Labute approximate surface area is 363 Å². The second kappa shape index (κ2) is 21.3. The van der Waals surface area contributed by atoms with Gasteiger partial charge in [-0.1, -0.05) is 54.4 Å². The molecule has 2 aromatic carbocycles. The molecule has 0 bridgehead atoms. The van der Waals surface area contributed by atoms with Crippen molar-refractivity contribution in [2.24, 2.45) is 0 Å². The second-order valence-electron chi connectivity index (χ2n) is 15.3. The third-order valence-electron chi connectivity index (χ3n) is 10.3. The first kappa shape index (κ1) is 47.2. The summed E-state index contributed by atoms with van der Waals surface area (Å²) in [5.74, 6) is -4.70. The van der Waals surface area contributed by atoms with E-state index in [9.17, 15) is 33.6 Å². The molecule has 2 N–H and O–H groups in total. The molecule has 1 unspecified atom stereocenters. The molecule has 2 aliphatic rings. The average molecular weight is 880 g/mol. The highest BCUT2D eigenvalue weighted by molar-refractivity contribution is 8.01. The Kier molecular flexibility index (Phi) is 16.2. The molecular weight excluding hydrogens is 827 g/mol. The highest BCUT2D eigenvalue weighted by Crippen LogP contribution is 2.46. The van der Waals surface area contributed by atoms with Gasteiger partial charge in [-0.25, -0.2) is 9.48 Å². The normalized spacial score (nSPS) is 21.0. The van der Waals surface area contributed by atoms with E-state index < -0.39 is 83.6 Å². The smallest absolute Gasteiger partial charge is 0.349 e. The predicted octanol–water partition coefficient (Wildman–Crippen LogP) is 4.03. The first-order chi connectivity index (χ1) is 29.5. The fraction of sp³-hybridized carbons (Fsp3) is 0.512. The summed E-state index contributed by atoms with van der Waals surface area (Å²) < 4.78 is 36.1. The summed E-state index contributed by atoms with van der Waals surface area (Å²) in [6.45, 7) is 7.11. The van der Waals surface area contributed by atoms with E-state index in [1.54, 1.807) is 50.4 Å². The molecule has 1 saturated carbocycles. The lowest BCUT2D eigenvalue weighted by molar-refractivity contribution is -0.220. The van der Waals surface area contributed by atoms with E-state index in [0.29, 0.717) is 21.8 Å². The van der Waals surface area contributed by atoms with Gasteiger partial charge in [-0.15, -0.1) is 5.10 Å². The standard InChI is InChI=1S/C43H53N5O13S/c1-24-18-31(19-25(2)38(24)59-28(5)51)41(54)44-21-35(58-27(4)50)39(60-29(6)52)40-37(45-36(53)23-48-22-33(46-47-48)30-14-10-8-11-15-30)34(57-26(3)49)20-43(61-40,42(55)56-7)62-32-16-12-9-13-17-32/h9,12-13,16-19,22,30,34-35,37,39-40H,8,10-11,14-15,20-21,23H2,1-7H3,(H,44,54)(H,45,53)/t34-,35+,37+,39+,40+,43?/m0/s1. The van der Waals surface area contributed by atoms with E-state index in [-0.39, 0.29) is 24.4 Å². The van der Waals surface area contributed by atoms with Crippen molar-refractivity contribution < 1.29 is 62.0 Å². The van der Waals surface area contributed by atoms with Gasteiger partial charge in [0.25, 0.3) is 5.91 Å². The number of carbonyl (C=O) groups excluding carboxylic acids is 7. The van der Waals surface area contributed by atoms with Crippen LogP contribution in [0, 0.1) is 13.8 Å². The molecule has 334 valence electrons. The van der Waals surface area contributed by atoms with Crippen LogP contribution in [0.3, 0.4) is 0 Å². The molecule has 3 aromatic rings. The molecule has 2 fully saturated rings. The van der Waals surface area contributed by atoms with E-state index in [2.05, 4.69) is 20.9 Å². The number of ether oxygens (including phenoxy) is 6. The SMILES string of the molecule is COC(=O)C1(Sc2ccccc2)C[C@H](OC(C)=O)[C@@H](NC(=O)Cn2cc(C3CCCCC3)nn2)[C@H]([C@H](OC(C)=O)[C@@H](CNC(=O)c2cc(C)c(OC(C)=O)c(C)c2)OC(C)=O)O1. The molecule has 1 saturated heterocycles. The molecule has 62 heavy (non-hydrogen) atoms. The molecule has 1 aliphatic carbocycles. The van der Waals surface area contributed by atoms with Crippen LogP contribution in [0.1, 0.15) is 99.3 Å². The maximum atomic E-state index is 14.0. The van der Waals surface area contributed by atoms with Crippen molar-refractivity contribution >= 4 is 53.4 Å². The Morgan fingerprint density at radius 1 is 0.903 bits per heavy atom. The van der Waals surface area contributed by atoms with Crippen molar-refractivity contribution in [1.82, 2.24) is 25.6 Å². The Morgan fingerprint density at radius 2 is 1.56 bits per heavy atom. The van der Waals surface area contributed by atoms with Gasteiger partial charge >= 0.3 is 29.8 Å². The van der Waals surface area contributed by atoms with Crippen LogP contribution in [0.4, 0.5) is 0 Å². The maximum absolute atomic E-state index is 14.0. The molecule has 1 aliphatic heterocycles. The number of hydrogen-bond donors (Lipinski definition) is 2. The Balaban J connectivity index is 1.56. The molecule has 5 rings (SSSR count). The van der Waals surface area contributed by atoms with E-state index in [1.807, 2.05) is 0 Å². The first-order valence-corrected chi connectivity index (χ1v) is 21.1. The van der Waals surface area contributed by atoms with Crippen LogP contribution in [-0.2, 0) is 59.0 Å². The lowest BCUT2D eigenvalue weighted by Crippen LogP contribution is -2.68. The van der Waals surface area contributed by atoms with Gasteiger partial charge in [0.1, 0.15) is 24.5 Å². The van der Waals surface area contributed by atoms with Crippen LogP contribution in [0.25, 0.3) is 0 Å². The summed E-state index contributed by atoms with van der Waals surface area (Å²) in [7, 11) is 1.14. The predicted molar refractivity (Wildman–Crippen MR) is 221 cm³/mol. The quantitative estimate of drug-likeness (QED) is 0.118.